The molecule has 0 aliphatic rings. The van der Waals surface area contributed by atoms with Crippen LogP contribution in [0.25, 0.3) is 10.6 Å². The van der Waals surface area contributed by atoms with Crippen molar-refractivity contribution in [2.45, 2.75) is 33.6 Å². The van der Waals surface area contributed by atoms with Gasteiger partial charge >= 0.3 is 5.97 Å². The highest BCUT2D eigenvalue weighted by atomic mass is 32.1. The van der Waals surface area contributed by atoms with Gasteiger partial charge in [-0.05, 0) is 43.9 Å². The minimum atomic E-state index is -0.423. The van der Waals surface area contributed by atoms with E-state index in [-0.39, 0.29) is 6.61 Å². The van der Waals surface area contributed by atoms with E-state index in [4.69, 9.17) is 10.8 Å². The SMILES string of the molecule is [2H]/C(=C\C=C)CCCOC(=O)c1sc(-c2ccc(OCC(C)C)c(C#N)c2)nc1C. The van der Waals surface area contributed by atoms with Crippen molar-refractivity contribution in [2.75, 3.05) is 13.2 Å². The van der Waals surface area contributed by atoms with E-state index >= 15 is 0 Å². The van der Waals surface area contributed by atoms with Crippen molar-refractivity contribution < 1.29 is 15.6 Å². The lowest BCUT2D eigenvalue weighted by Gasteiger charge is -2.10. The number of ether oxygens (including phenoxy) is 2. The Morgan fingerprint density at radius 2 is 2.28 bits per heavy atom. The van der Waals surface area contributed by atoms with E-state index in [2.05, 4.69) is 17.6 Å². The van der Waals surface area contributed by atoms with Crippen LogP contribution in [0.3, 0.4) is 0 Å². The van der Waals surface area contributed by atoms with Crippen LogP contribution in [0.2, 0.25) is 0 Å². The first-order valence-electron chi connectivity index (χ1n) is 9.95. The van der Waals surface area contributed by atoms with Gasteiger partial charge in [0.05, 0.1) is 25.8 Å². The number of nitriles is 1. The fraction of sp³-hybridized carbons (Fsp3) is 0.348. The first kappa shape index (κ1) is 20.8. The molecule has 1 aromatic heterocycles. The Hall–Kier alpha value is -2.91. The molecule has 29 heavy (non-hydrogen) atoms. The monoisotopic (exact) mass is 411 g/mol. The highest BCUT2D eigenvalue weighted by molar-refractivity contribution is 7.17. The van der Waals surface area contributed by atoms with E-state index in [0.717, 1.165) is 5.56 Å². The number of thiazole rings is 1. The summed E-state index contributed by atoms with van der Waals surface area (Å²) in [5.41, 5.74) is 1.78. The van der Waals surface area contributed by atoms with E-state index in [0.29, 0.717) is 58.3 Å². The minimum Gasteiger partial charge on any atom is -0.492 e. The van der Waals surface area contributed by atoms with Gasteiger partial charge < -0.3 is 9.47 Å². The fourth-order valence-corrected chi connectivity index (χ4v) is 3.37. The van der Waals surface area contributed by atoms with E-state index < -0.39 is 5.97 Å². The number of aromatic nitrogens is 1. The van der Waals surface area contributed by atoms with Gasteiger partial charge in [0.1, 0.15) is 21.7 Å². The van der Waals surface area contributed by atoms with E-state index in [9.17, 15) is 10.1 Å². The molecule has 0 unspecified atom stereocenters. The summed E-state index contributed by atoms with van der Waals surface area (Å²) in [4.78, 5) is 17.3. The number of rotatable bonds is 10. The van der Waals surface area contributed by atoms with E-state index in [1.807, 2.05) is 19.9 Å². The molecule has 0 bridgehead atoms. The van der Waals surface area contributed by atoms with Crippen LogP contribution < -0.4 is 4.74 Å². The fourth-order valence-electron chi connectivity index (χ4n) is 2.41. The van der Waals surface area contributed by atoms with Gasteiger partial charge in [0.25, 0.3) is 0 Å². The normalized spacial score (nSPS) is 11.7. The summed E-state index contributed by atoms with van der Waals surface area (Å²) >= 11 is 1.24. The lowest BCUT2D eigenvalue weighted by Crippen LogP contribution is -2.05. The number of allylic oxidation sites excluding steroid dienone is 3. The molecule has 2 aromatic rings. The van der Waals surface area contributed by atoms with Gasteiger partial charge in [-0.2, -0.15) is 5.26 Å². The van der Waals surface area contributed by atoms with E-state index in [1.54, 1.807) is 31.2 Å². The molecule has 1 aromatic carbocycles. The average molecular weight is 412 g/mol. The van der Waals surface area contributed by atoms with Crippen molar-refractivity contribution in [3.63, 3.8) is 0 Å². The summed E-state index contributed by atoms with van der Waals surface area (Å²) in [7, 11) is 0. The number of carbonyl (C=O) groups excluding carboxylic acids is 1. The predicted octanol–water partition coefficient (Wildman–Crippen LogP) is 5.70. The third kappa shape index (κ3) is 6.58. The van der Waals surface area contributed by atoms with Crippen molar-refractivity contribution in [1.29, 1.82) is 5.26 Å². The van der Waals surface area contributed by atoms with Crippen LogP contribution in [0.15, 0.2) is 43.0 Å². The van der Waals surface area contributed by atoms with Gasteiger partial charge in [-0.15, -0.1) is 11.3 Å². The molecule has 5 nitrogen and oxygen atoms in total. The van der Waals surface area contributed by atoms with Gasteiger partial charge in [-0.1, -0.05) is 38.6 Å². The molecule has 0 fully saturated rings. The molecule has 0 aliphatic heterocycles. The molecule has 0 saturated carbocycles. The molecule has 0 N–H and O–H groups in total. The van der Waals surface area contributed by atoms with Gasteiger partial charge in [-0.25, -0.2) is 9.78 Å². The maximum atomic E-state index is 12.4. The lowest BCUT2D eigenvalue weighted by molar-refractivity contribution is 0.0506. The van der Waals surface area contributed by atoms with Crippen molar-refractivity contribution >= 4 is 17.3 Å². The van der Waals surface area contributed by atoms with Crippen molar-refractivity contribution in [2.24, 2.45) is 5.92 Å². The number of hydrogen-bond acceptors (Lipinski definition) is 6. The zero-order valence-electron chi connectivity index (χ0n) is 18.0. The third-order valence-corrected chi connectivity index (χ3v) is 5.02. The van der Waals surface area contributed by atoms with Crippen LogP contribution in [0, 0.1) is 24.2 Å². The molecule has 0 radical (unpaired) electrons. The Morgan fingerprint density at radius 3 is 2.97 bits per heavy atom. The second kappa shape index (κ2) is 11.2. The van der Waals surface area contributed by atoms with Gasteiger partial charge in [0.2, 0.25) is 0 Å². The van der Waals surface area contributed by atoms with Gasteiger partial charge in [0.15, 0.2) is 0 Å². The van der Waals surface area contributed by atoms with Crippen molar-refractivity contribution in [3.8, 4) is 22.4 Å². The molecule has 1 heterocycles. The van der Waals surface area contributed by atoms with Crippen LogP contribution >= 0.6 is 11.3 Å². The number of esters is 1. The quantitative estimate of drug-likeness (QED) is 0.285. The third-order valence-electron chi connectivity index (χ3n) is 3.84. The molecular formula is C23H26N2O3S. The molecule has 0 spiro atoms. The second-order valence-corrected chi connectivity index (χ2v) is 7.81. The zero-order valence-corrected chi connectivity index (χ0v) is 17.8. The first-order valence-corrected chi connectivity index (χ1v) is 10.3. The summed E-state index contributed by atoms with van der Waals surface area (Å²) in [6.07, 6.45) is 4.28. The van der Waals surface area contributed by atoms with E-state index in [1.165, 1.54) is 11.3 Å². The number of carbonyl (C=O) groups is 1. The summed E-state index contributed by atoms with van der Waals surface area (Å²) in [5.74, 6) is 0.479. The minimum absolute atomic E-state index is 0.235. The van der Waals surface area contributed by atoms with Crippen LogP contribution in [-0.4, -0.2) is 24.2 Å². The molecule has 0 amide bonds. The number of hydrogen-bond donors (Lipinski definition) is 0. The van der Waals surface area contributed by atoms with Crippen LogP contribution in [0.1, 0.15) is 49.0 Å². The highest BCUT2D eigenvalue weighted by Gasteiger charge is 2.18. The first-order chi connectivity index (χ1) is 14.3. The Labute approximate surface area is 177 Å². The Bertz CT molecular complexity index is 973. The Balaban J connectivity index is 2.08. The summed E-state index contributed by atoms with van der Waals surface area (Å²) in [6, 6.07) is 7.94. The molecule has 152 valence electrons. The maximum absolute atomic E-state index is 12.4. The van der Waals surface area contributed by atoms with Gasteiger partial charge in [0, 0.05) is 5.56 Å². The zero-order chi connectivity index (χ0) is 22.1. The van der Waals surface area contributed by atoms with Crippen molar-refractivity contribution in [3.05, 3.63) is 59.1 Å². The summed E-state index contributed by atoms with van der Waals surface area (Å²) in [5, 5.41) is 10.1. The number of benzene rings is 1. The van der Waals surface area contributed by atoms with Crippen molar-refractivity contribution in [1.82, 2.24) is 4.98 Å². The Morgan fingerprint density at radius 1 is 1.48 bits per heavy atom. The average Bonchev–Trinajstić information content (AvgIpc) is 3.11. The molecule has 0 aliphatic carbocycles. The largest absolute Gasteiger partial charge is 0.492 e. The van der Waals surface area contributed by atoms with Crippen LogP contribution in [0.5, 0.6) is 5.75 Å². The Kier molecular flexibility index (Phi) is 8.02. The second-order valence-electron chi connectivity index (χ2n) is 6.81. The molecule has 6 heteroatoms. The summed E-state index contributed by atoms with van der Waals surface area (Å²) < 4.78 is 18.7. The molecular weight excluding hydrogens is 384 g/mol. The number of aryl methyl sites for hydroxylation is 1. The lowest BCUT2D eigenvalue weighted by atomic mass is 10.1. The molecule has 0 atom stereocenters. The molecule has 2 rings (SSSR count). The maximum Gasteiger partial charge on any atom is 0.350 e. The predicted molar refractivity (Wildman–Crippen MR) is 116 cm³/mol. The summed E-state index contributed by atoms with van der Waals surface area (Å²) in [6.45, 7) is 10.2. The smallest absolute Gasteiger partial charge is 0.350 e. The standard InChI is InChI=1S/C23H26N2O3S/c1-5-6-7-8-9-12-27-23(26)21-17(4)25-22(29-21)18-10-11-20(19(13-18)14-24)28-15-16(2)3/h5-7,10-11,13,16H,1,8-9,12,15H2,2-4H3/b7-6+/i7D. The van der Waals surface area contributed by atoms with Crippen LogP contribution in [-0.2, 0) is 4.74 Å². The van der Waals surface area contributed by atoms with Crippen LogP contribution in [0.4, 0.5) is 0 Å². The van der Waals surface area contributed by atoms with Gasteiger partial charge in [-0.3, -0.25) is 0 Å². The number of nitrogens with zero attached hydrogens (tertiary/aromatic N) is 2. The molecule has 0 saturated heterocycles. The highest BCUT2D eigenvalue weighted by Crippen LogP contribution is 2.31. The topological polar surface area (TPSA) is 72.2 Å².